The summed E-state index contributed by atoms with van der Waals surface area (Å²) in [5.74, 6) is 1.88. The summed E-state index contributed by atoms with van der Waals surface area (Å²) in [6.07, 6.45) is 1.63. The minimum atomic E-state index is -0.520. The van der Waals surface area contributed by atoms with Gasteiger partial charge in [0.05, 0.1) is 0 Å². The molecule has 2 atom stereocenters. The number of aliphatic hydroxyl groups is 1. The van der Waals surface area contributed by atoms with Gasteiger partial charge in [0.2, 0.25) is 0 Å². The van der Waals surface area contributed by atoms with E-state index in [0.717, 1.165) is 48.7 Å². The van der Waals surface area contributed by atoms with Crippen molar-refractivity contribution in [3.63, 3.8) is 0 Å². The van der Waals surface area contributed by atoms with Gasteiger partial charge in [0.25, 0.3) is 0 Å². The SMILES string of the molecule is Cc1ccc(OCC(O)CN2CCCC(c3nc4ccccc4o3)C2)cc1. The Kier molecular flexibility index (Phi) is 5.41. The van der Waals surface area contributed by atoms with Crippen LogP contribution in [0.1, 0.15) is 30.2 Å². The van der Waals surface area contributed by atoms with E-state index in [4.69, 9.17) is 9.15 Å². The summed E-state index contributed by atoms with van der Waals surface area (Å²) < 4.78 is 11.7. The van der Waals surface area contributed by atoms with Crippen molar-refractivity contribution < 1.29 is 14.3 Å². The highest BCUT2D eigenvalue weighted by molar-refractivity contribution is 5.72. The zero-order valence-corrected chi connectivity index (χ0v) is 15.7. The standard InChI is InChI=1S/C22H26N2O3/c1-16-8-10-19(11-9-16)26-15-18(25)14-24-12-4-5-17(13-24)22-23-20-6-2-3-7-21(20)27-22/h2-3,6-11,17-18,25H,4-5,12-15H2,1H3. The van der Waals surface area contributed by atoms with Crippen molar-refractivity contribution in [3.8, 4) is 5.75 Å². The highest BCUT2D eigenvalue weighted by Gasteiger charge is 2.26. The number of nitrogens with zero attached hydrogens (tertiary/aromatic N) is 2. The molecule has 0 saturated carbocycles. The van der Waals surface area contributed by atoms with Crippen molar-refractivity contribution in [1.82, 2.24) is 9.88 Å². The van der Waals surface area contributed by atoms with Crippen LogP contribution >= 0.6 is 0 Å². The Hall–Kier alpha value is -2.37. The second-order valence-corrected chi connectivity index (χ2v) is 7.40. The van der Waals surface area contributed by atoms with Crippen molar-refractivity contribution in [2.24, 2.45) is 0 Å². The van der Waals surface area contributed by atoms with Gasteiger partial charge in [-0.3, -0.25) is 4.90 Å². The molecule has 0 spiro atoms. The molecule has 2 unspecified atom stereocenters. The van der Waals surface area contributed by atoms with Crippen LogP contribution in [0.3, 0.4) is 0 Å². The zero-order valence-electron chi connectivity index (χ0n) is 15.7. The number of fused-ring (bicyclic) bond motifs is 1. The molecular formula is C22H26N2O3. The Bertz CT molecular complexity index is 842. The molecule has 5 nitrogen and oxygen atoms in total. The van der Waals surface area contributed by atoms with Gasteiger partial charge < -0.3 is 14.3 Å². The van der Waals surface area contributed by atoms with Gasteiger partial charge in [0.1, 0.15) is 24.0 Å². The van der Waals surface area contributed by atoms with E-state index in [9.17, 15) is 5.11 Å². The summed E-state index contributed by atoms with van der Waals surface area (Å²) in [4.78, 5) is 6.94. The molecule has 1 aliphatic heterocycles. The molecule has 142 valence electrons. The van der Waals surface area contributed by atoms with Gasteiger partial charge in [0.15, 0.2) is 11.5 Å². The number of β-amino-alcohol motifs (C(OH)–C–C–N with tert-alkyl or cyclic N) is 1. The van der Waals surface area contributed by atoms with Crippen LogP contribution in [0.25, 0.3) is 11.1 Å². The minimum absolute atomic E-state index is 0.274. The number of oxazole rings is 1. The summed E-state index contributed by atoms with van der Waals surface area (Å²) in [6.45, 7) is 4.78. The summed E-state index contributed by atoms with van der Waals surface area (Å²) in [6, 6.07) is 15.8. The van der Waals surface area contributed by atoms with Crippen LogP contribution in [0, 0.1) is 6.92 Å². The third-order valence-electron chi connectivity index (χ3n) is 5.10. The van der Waals surface area contributed by atoms with Crippen LogP contribution in [0.5, 0.6) is 5.75 Å². The Balaban J connectivity index is 1.31. The normalized spacial score (nSPS) is 19.3. The third-order valence-corrected chi connectivity index (χ3v) is 5.10. The zero-order chi connectivity index (χ0) is 18.6. The van der Waals surface area contributed by atoms with E-state index >= 15 is 0 Å². The molecule has 1 N–H and O–H groups in total. The highest BCUT2D eigenvalue weighted by Crippen LogP contribution is 2.29. The molecule has 0 radical (unpaired) electrons. The summed E-state index contributed by atoms with van der Waals surface area (Å²) in [5, 5.41) is 10.4. The van der Waals surface area contributed by atoms with E-state index in [1.165, 1.54) is 5.56 Å². The average molecular weight is 366 g/mol. The van der Waals surface area contributed by atoms with Crippen molar-refractivity contribution in [1.29, 1.82) is 0 Å². The van der Waals surface area contributed by atoms with Crippen LogP contribution < -0.4 is 4.74 Å². The Morgan fingerprint density at radius 2 is 2.04 bits per heavy atom. The summed E-state index contributed by atoms with van der Waals surface area (Å²) in [7, 11) is 0. The second-order valence-electron chi connectivity index (χ2n) is 7.40. The fourth-order valence-corrected chi connectivity index (χ4v) is 3.67. The topological polar surface area (TPSA) is 58.7 Å². The van der Waals surface area contributed by atoms with Gasteiger partial charge in [-0.15, -0.1) is 0 Å². The highest BCUT2D eigenvalue weighted by atomic mass is 16.5. The Morgan fingerprint density at radius 1 is 1.22 bits per heavy atom. The molecule has 1 saturated heterocycles. The number of benzene rings is 2. The molecule has 0 aliphatic carbocycles. The smallest absolute Gasteiger partial charge is 0.199 e. The van der Waals surface area contributed by atoms with E-state index in [-0.39, 0.29) is 5.92 Å². The van der Waals surface area contributed by atoms with Gasteiger partial charge in [0, 0.05) is 19.0 Å². The lowest BCUT2D eigenvalue weighted by atomic mass is 9.98. The maximum atomic E-state index is 10.4. The third kappa shape index (κ3) is 4.49. The molecular weight excluding hydrogens is 340 g/mol. The van der Waals surface area contributed by atoms with Crippen molar-refractivity contribution in [2.75, 3.05) is 26.2 Å². The number of hydrogen-bond donors (Lipinski definition) is 1. The lowest BCUT2D eigenvalue weighted by molar-refractivity contribution is 0.0566. The number of aromatic nitrogens is 1. The van der Waals surface area contributed by atoms with Crippen LogP contribution in [-0.4, -0.2) is 47.3 Å². The maximum absolute atomic E-state index is 10.4. The van der Waals surface area contributed by atoms with Crippen LogP contribution in [0.15, 0.2) is 52.9 Å². The first-order valence-corrected chi connectivity index (χ1v) is 9.63. The molecule has 5 heteroatoms. The van der Waals surface area contributed by atoms with E-state index < -0.39 is 6.10 Å². The first-order valence-electron chi connectivity index (χ1n) is 9.63. The molecule has 27 heavy (non-hydrogen) atoms. The number of rotatable bonds is 6. The maximum Gasteiger partial charge on any atom is 0.199 e. The van der Waals surface area contributed by atoms with Gasteiger partial charge in [-0.05, 0) is 50.6 Å². The average Bonchev–Trinajstić information content (AvgIpc) is 3.12. The van der Waals surface area contributed by atoms with E-state index in [2.05, 4.69) is 9.88 Å². The van der Waals surface area contributed by atoms with Gasteiger partial charge in [-0.25, -0.2) is 4.98 Å². The number of ether oxygens (including phenoxy) is 1. The monoisotopic (exact) mass is 366 g/mol. The predicted octanol–water partition coefficient (Wildman–Crippen LogP) is 3.76. The van der Waals surface area contributed by atoms with Gasteiger partial charge in [-0.2, -0.15) is 0 Å². The van der Waals surface area contributed by atoms with Crippen molar-refractivity contribution in [3.05, 3.63) is 60.0 Å². The molecule has 1 fully saturated rings. The fraction of sp³-hybridized carbons (Fsp3) is 0.409. The van der Waals surface area contributed by atoms with E-state index in [0.29, 0.717) is 13.2 Å². The fourth-order valence-electron chi connectivity index (χ4n) is 3.67. The first-order chi connectivity index (χ1) is 13.2. The van der Waals surface area contributed by atoms with Gasteiger partial charge >= 0.3 is 0 Å². The Labute approximate surface area is 159 Å². The Morgan fingerprint density at radius 3 is 2.85 bits per heavy atom. The second kappa shape index (κ2) is 8.11. The molecule has 2 aromatic carbocycles. The van der Waals surface area contributed by atoms with Crippen molar-refractivity contribution >= 4 is 11.1 Å². The van der Waals surface area contributed by atoms with Crippen LogP contribution in [0.2, 0.25) is 0 Å². The van der Waals surface area contributed by atoms with E-state index in [1.807, 2.05) is 55.5 Å². The van der Waals surface area contributed by atoms with Gasteiger partial charge in [-0.1, -0.05) is 29.8 Å². The molecule has 4 rings (SSSR count). The summed E-state index contributed by atoms with van der Waals surface area (Å²) >= 11 is 0. The number of para-hydroxylation sites is 2. The number of piperidine rings is 1. The molecule has 0 amide bonds. The number of likely N-dealkylation sites (tertiary alicyclic amines) is 1. The van der Waals surface area contributed by atoms with Crippen molar-refractivity contribution in [2.45, 2.75) is 31.8 Å². The number of aryl methyl sites for hydroxylation is 1. The minimum Gasteiger partial charge on any atom is -0.491 e. The molecule has 0 bridgehead atoms. The van der Waals surface area contributed by atoms with E-state index in [1.54, 1.807) is 0 Å². The van der Waals surface area contributed by atoms with Crippen LogP contribution in [-0.2, 0) is 0 Å². The largest absolute Gasteiger partial charge is 0.491 e. The number of hydrogen-bond acceptors (Lipinski definition) is 5. The lowest BCUT2D eigenvalue weighted by Gasteiger charge is -2.32. The molecule has 1 aromatic heterocycles. The molecule has 2 heterocycles. The predicted molar refractivity (Wildman–Crippen MR) is 105 cm³/mol. The molecule has 3 aromatic rings. The molecule has 1 aliphatic rings. The lowest BCUT2D eigenvalue weighted by Crippen LogP contribution is -2.41. The first kappa shape index (κ1) is 18.0. The summed E-state index contributed by atoms with van der Waals surface area (Å²) in [5.41, 5.74) is 2.95. The number of aliphatic hydroxyl groups excluding tert-OH is 1. The quantitative estimate of drug-likeness (QED) is 0.720. The van der Waals surface area contributed by atoms with Crippen LogP contribution in [0.4, 0.5) is 0 Å².